The van der Waals surface area contributed by atoms with E-state index in [1.54, 1.807) is 0 Å². The van der Waals surface area contributed by atoms with Crippen molar-refractivity contribution in [2.24, 2.45) is 17.8 Å². The van der Waals surface area contributed by atoms with E-state index in [-0.39, 0.29) is 18.0 Å². The lowest BCUT2D eigenvalue weighted by atomic mass is 9.84. The number of carbonyl (C=O) groups excluding carboxylic acids is 1. The fraction of sp³-hybridized carbons (Fsp3) is 0.600. The third-order valence-electron chi connectivity index (χ3n) is 4.72. The van der Waals surface area contributed by atoms with Gasteiger partial charge >= 0.3 is 12.0 Å². The van der Waals surface area contributed by atoms with Gasteiger partial charge in [0.15, 0.2) is 0 Å². The summed E-state index contributed by atoms with van der Waals surface area (Å²) in [4.78, 5) is 23.3. The Morgan fingerprint density at radius 3 is 2.76 bits per heavy atom. The number of aryl methyl sites for hydroxylation is 1. The van der Waals surface area contributed by atoms with Gasteiger partial charge in [0.2, 0.25) is 0 Å². The SMILES string of the molecule is Cc1ccc(CNC(=O)NC2C3CCC(C3)C2C(=O)O)o1. The summed E-state index contributed by atoms with van der Waals surface area (Å²) in [5.74, 6) is 0.754. The van der Waals surface area contributed by atoms with E-state index in [9.17, 15) is 14.7 Å². The van der Waals surface area contributed by atoms with E-state index in [1.165, 1.54) is 0 Å². The minimum absolute atomic E-state index is 0.213. The van der Waals surface area contributed by atoms with Gasteiger partial charge in [-0.1, -0.05) is 0 Å². The van der Waals surface area contributed by atoms with Gasteiger partial charge in [0.25, 0.3) is 0 Å². The van der Waals surface area contributed by atoms with Crippen molar-refractivity contribution in [3.63, 3.8) is 0 Å². The zero-order valence-corrected chi connectivity index (χ0v) is 12.0. The van der Waals surface area contributed by atoms with Crippen molar-refractivity contribution in [1.82, 2.24) is 10.6 Å². The number of carboxylic acid groups (broad SMARTS) is 1. The molecule has 2 bridgehead atoms. The molecule has 2 fully saturated rings. The maximum Gasteiger partial charge on any atom is 0.315 e. The van der Waals surface area contributed by atoms with Gasteiger partial charge in [-0.15, -0.1) is 0 Å². The van der Waals surface area contributed by atoms with Crippen molar-refractivity contribution in [3.05, 3.63) is 23.7 Å². The van der Waals surface area contributed by atoms with E-state index >= 15 is 0 Å². The fourth-order valence-corrected chi connectivity index (χ4v) is 3.80. The largest absolute Gasteiger partial charge is 0.481 e. The second-order valence-corrected chi connectivity index (χ2v) is 6.06. The van der Waals surface area contributed by atoms with Gasteiger partial charge in [-0.25, -0.2) is 4.79 Å². The van der Waals surface area contributed by atoms with Crippen LogP contribution in [0, 0.1) is 24.7 Å². The summed E-state index contributed by atoms with van der Waals surface area (Å²) in [6, 6.07) is 3.07. The van der Waals surface area contributed by atoms with E-state index < -0.39 is 11.9 Å². The van der Waals surface area contributed by atoms with E-state index in [2.05, 4.69) is 10.6 Å². The summed E-state index contributed by atoms with van der Waals surface area (Å²) in [5, 5.41) is 14.9. The zero-order valence-electron chi connectivity index (χ0n) is 12.0. The van der Waals surface area contributed by atoms with Crippen LogP contribution in [0.5, 0.6) is 0 Å². The molecule has 1 aromatic rings. The van der Waals surface area contributed by atoms with Gasteiger partial charge in [0.1, 0.15) is 11.5 Å². The Balaban J connectivity index is 1.55. The standard InChI is InChI=1S/C15H20N2O4/c1-8-2-5-11(21-8)7-16-15(20)17-13-10-4-3-9(6-10)12(13)14(18)19/h2,5,9-10,12-13H,3-4,6-7H2,1H3,(H,18,19)(H2,16,17,20). The quantitative estimate of drug-likeness (QED) is 0.790. The minimum atomic E-state index is -0.797. The normalized spacial score (nSPS) is 30.3. The van der Waals surface area contributed by atoms with Crippen LogP contribution in [0.15, 0.2) is 16.5 Å². The van der Waals surface area contributed by atoms with E-state index in [0.29, 0.717) is 18.2 Å². The molecule has 2 aliphatic carbocycles. The molecule has 6 nitrogen and oxygen atoms in total. The monoisotopic (exact) mass is 292 g/mol. The van der Waals surface area contributed by atoms with Crippen LogP contribution in [0.2, 0.25) is 0 Å². The predicted molar refractivity (Wildman–Crippen MR) is 74.6 cm³/mol. The molecule has 21 heavy (non-hydrogen) atoms. The van der Waals surface area contributed by atoms with Crippen LogP contribution in [-0.2, 0) is 11.3 Å². The number of fused-ring (bicyclic) bond motifs is 2. The Kier molecular flexibility index (Phi) is 3.61. The Morgan fingerprint density at radius 1 is 1.33 bits per heavy atom. The Bertz CT molecular complexity index is 554. The average molecular weight is 292 g/mol. The number of hydrogen-bond acceptors (Lipinski definition) is 3. The van der Waals surface area contributed by atoms with Gasteiger partial charge in [0.05, 0.1) is 12.5 Å². The predicted octanol–water partition coefficient (Wildman–Crippen LogP) is 1.89. The summed E-state index contributed by atoms with van der Waals surface area (Å²) in [7, 11) is 0. The summed E-state index contributed by atoms with van der Waals surface area (Å²) >= 11 is 0. The molecule has 4 unspecified atom stereocenters. The first-order valence-corrected chi connectivity index (χ1v) is 7.37. The van der Waals surface area contributed by atoms with Gasteiger partial charge in [-0.2, -0.15) is 0 Å². The molecule has 0 aromatic carbocycles. The van der Waals surface area contributed by atoms with Crippen LogP contribution in [0.3, 0.4) is 0 Å². The molecule has 3 N–H and O–H groups in total. The Labute approximate surface area is 122 Å². The molecule has 0 radical (unpaired) electrons. The molecule has 0 saturated heterocycles. The number of rotatable bonds is 4. The summed E-state index contributed by atoms with van der Waals surface area (Å²) in [6.45, 7) is 2.15. The van der Waals surface area contributed by atoms with Crippen molar-refractivity contribution in [3.8, 4) is 0 Å². The lowest BCUT2D eigenvalue weighted by Crippen LogP contribution is -2.50. The molecule has 2 aliphatic rings. The lowest BCUT2D eigenvalue weighted by Gasteiger charge is -2.28. The number of carboxylic acids is 1. The molecular formula is C15H20N2O4. The lowest BCUT2D eigenvalue weighted by molar-refractivity contribution is -0.144. The van der Waals surface area contributed by atoms with Gasteiger partial charge in [0, 0.05) is 6.04 Å². The number of nitrogens with one attached hydrogen (secondary N) is 2. The van der Waals surface area contributed by atoms with Crippen molar-refractivity contribution in [2.75, 3.05) is 0 Å². The molecule has 2 saturated carbocycles. The van der Waals surface area contributed by atoms with Crippen molar-refractivity contribution in [2.45, 2.75) is 38.8 Å². The maximum atomic E-state index is 12.0. The number of hydrogen-bond donors (Lipinski definition) is 3. The molecule has 6 heteroatoms. The highest BCUT2D eigenvalue weighted by Gasteiger charge is 2.51. The first-order valence-electron chi connectivity index (χ1n) is 7.37. The van der Waals surface area contributed by atoms with Crippen LogP contribution in [0.4, 0.5) is 4.79 Å². The summed E-state index contributed by atoms with van der Waals surface area (Å²) < 4.78 is 5.38. The summed E-state index contributed by atoms with van der Waals surface area (Å²) in [6.07, 6.45) is 2.89. The zero-order chi connectivity index (χ0) is 15.0. The molecule has 3 rings (SSSR count). The molecular weight excluding hydrogens is 272 g/mol. The third kappa shape index (κ3) is 2.75. The molecule has 0 aliphatic heterocycles. The van der Waals surface area contributed by atoms with Crippen LogP contribution in [-0.4, -0.2) is 23.1 Å². The summed E-state index contributed by atoms with van der Waals surface area (Å²) in [5.41, 5.74) is 0. The van der Waals surface area contributed by atoms with Crippen LogP contribution in [0.25, 0.3) is 0 Å². The van der Waals surface area contributed by atoms with Gasteiger partial charge in [-0.3, -0.25) is 4.79 Å². The smallest absolute Gasteiger partial charge is 0.315 e. The topological polar surface area (TPSA) is 91.6 Å². The van der Waals surface area contributed by atoms with Crippen LogP contribution >= 0.6 is 0 Å². The molecule has 4 atom stereocenters. The second kappa shape index (κ2) is 5.42. The second-order valence-electron chi connectivity index (χ2n) is 6.06. The minimum Gasteiger partial charge on any atom is -0.481 e. The molecule has 1 heterocycles. The highest BCUT2D eigenvalue weighted by molar-refractivity contribution is 5.77. The van der Waals surface area contributed by atoms with E-state index in [4.69, 9.17) is 4.42 Å². The molecule has 2 amide bonds. The fourth-order valence-electron chi connectivity index (χ4n) is 3.80. The number of amides is 2. The Hall–Kier alpha value is -1.98. The van der Waals surface area contributed by atoms with Crippen LogP contribution < -0.4 is 10.6 Å². The molecule has 114 valence electrons. The van der Waals surface area contributed by atoms with Crippen molar-refractivity contribution in [1.29, 1.82) is 0 Å². The first-order chi connectivity index (χ1) is 10.0. The van der Waals surface area contributed by atoms with Crippen LogP contribution in [0.1, 0.15) is 30.8 Å². The number of furan rings is 1. The highest BCUT2D eigenvalue weighted by atomic mass is 16.4. The van der Waals surface area contributed by atoms with Gasteiger partial charge < -0.3 is 20.2 Å². The third-order valence-corrected chi connectivity index (χ3v) is 4.72. The number of urea groups is 1. The maximum absolute atomic E-state index is 12.0. The van der Waals surface area contributed by atoms with E-state index in [1.807, 2.05) is 19.1 Å². The number of carbonyl (C=O) groups is 2. The van der Waals surface area contributed by atoms with Crippen molar-refractivity contribution < 1.29 is 19.1 Å². The molecule has 0 spiro atoms. The Morgan fingerprint density at radius 2 is 2.10 bits per heavy atom. The highest BCUT2D eigenvalue weighted by Crippen LogP contribution is 2.48. The first kappa shape index (κ1) is 14.0. The molecule has 1 aromatic heterocycles. The van der Waals surface area contributed by atoms with Crippen molar-refractivity contribution >= 4 is 12.0 Å². The van der Waals surface area contributed by atoms with Gasteiger partial charge in [-0.05, 0) is 50.2 Å². The van der Waals surface area contributed by atoms with E-state index in [0.717, 1.165) is 25.0 Å². The average Bonchev–Trinajstić information content (AvgIpc) is 3.11. The number of aliphatic carboxylic acids is 1.